The molecule has 1 fully saturated rings. The van der Waals surface area contributed by atoms with Crippen LogP contribution in [0.2, 0.25) is 0 Å². The number of hydrogen-bond acceptors (Lipinski definition) is 6. The van der Waals surface area contributed by atoms with Crippen molar-refractivity contribution in [1.29, 1.82) is 0 Å². The van der Waals surface area contributed by atoms with Crippen LogP contribution in [0.15, 0.2) is 54.6 Å². The van der Waals surface area contributed by atoms with Crippen LogP contribution in [0.1, 0.15) is 34.6 Å². The summed E-state index contributed by atoms with van der Waals surface area (Å²) in [6, 6.07) is 18.3. The highest BCUT2D eigenvalue weighted by atomic mass is 19.4. The molecule has 218 valence electrons. The Morgan fingerprint density at radius 3 is 2.34 bits per heavy atom. The van der Waals surface area contributed by atoms with Crippen LogP contribution in [0.25, 0.3) is 11.1 Å². The normalized spacial score (nSPS) is 16.0. The highest BCUT2D eigenvalue weighted by Crippen LogP contribution is 2.38. The number of carboxylic acid groups (broad SMARTS) is 2. The molecule has 0 spiro atoms. The molecule has 2 aliphatic heterocycles. The van der Waals surface area contributed by atoms with Crippen LogP contribution in [0.5, 0.6) is 17.2 Å². The molecule has 0 aliphatic carbocycles. The Balaban J connectivity index is 0.000000493. The van der Waals surface area contributed by atoms with Gasteiger partial charge in [-0.05, 0) is 65.9 Å². The summed E-state index contributed by atoms with van der Waals surface area (Å²) in [5.74, 6) is -1.33. The number of rotatable bonds is 8. The molecule has 1 atom stereocenters. The molecule has 3 N–H and O–H groups in total. The van der Waals surface area contributed by atoms with Crippen molar-refractivity contribution in [2.24, 2.45) is 0 Å². The largest absolute Gasteiger partial charge is 0.492 e. The lowest BCUT2D eigenvalue weighted by molar-refractivity contribution is -0.192. The SMILES string of the molecule is Cc1cc(OC2CNC2)cc(C)c1-c1cccc(COc2ccc3c(c2)OCC3CC(=O)O)c1.O=[14C](O)C(F)(F)F. The van der Waals surface area contributed by atoms with Crippen molar-refractivity contribution in [3.63, 3.8) is 0 Å². The third kappa shape index (κ3) is 7.69. The van der Waals surface area contributed by atoms with Gasteiger partial charge in [-0.3, -0.25) is 4.79 Å². The molecule has 3 aromatic carbocycles. The quantitative estimate of drug-likeness (QED) is 0.324. The molecule has 2 heterocycles. The van der Waals surface area contributed by atoms with E-state index in [1.807, 2.05) is 18.2 Å². The van der Waals surface area contributed by atoms with E-state index in [1.54, 1.807) is 0 Å². The first kappa shape index (κ1) is 29.7. The number of alkyl halides is 3. The van der Waals surface area contributed by atoms with Gasteiger partial charge < -0.3 is 29.7 Å². The summed E-state index contributed by atoms with van der Waals surface area (Å²) in [5, 5.41) is 19.4. The van der Waals surface area contributed by atoms with Crippen LogP contribution < -0.4 is 19.5 Å². The standard InChI is InChI=1S/C28H29NO5.C2HF3O2/c1-17-8-23(34-24-13-29-14-24)9-18(2)28(17)20-5-3-4-19(10-20)15-32-22-6-7-25-21(11-27(30)31)16-33-26(25)12-22;3-2(4,5)1(6)7/h3-10,12,21,24,29H,11,13-16H2,1-2H3,(H,30,31);(H,6,7)/i;1+2. The number of benzene rings is 3. The van der Waals surface area contributed by atoms with E-state index in [1.165, 1.54) is 16.7 Å². The fourth-order valence-electron chi connectivity index (χ4n) is 4.69. The Bertz CT molecular complexity index is 1400. The maximum absolute atomic E-state index is 11.0. The molecule has 0 bridgehead atoms. The maximum atomic E-state index is 11.0. The van der Waals surface area contributed by atoms with Crippen LogP contribution in [0.4, 0.5) is 13.2 Å². The number of aliphatic carboxylic acids is 2. The fraction of sp³-hybridized carbons (Fsp3) is 0.333. The molecule has 0 radical (unpaired) electrons. The van der Waals surface area contributed by atoms with Crippen LogP contribution in [-0.2, 0) is 16.2 Å². The van der Waals surface area contributed by atoms with Gasteiger partial charge in [0.15, 0.2) is 0 Å². The Morgan fingerprint density at radius 1 is 1.07 bits per heavy atom. The van der Waals surface area contributed by atoms with Gasteiger partial charge in [-0.25, -0.2) is 4.79 Å². The number of nitrogens with one attached hydrogen (secondary N) is 1. The summed E-state index contributed by atoms with van der Waals surface area (Å²) >= 11 is 0. The second kappa shape index (κ2) is 12.5. The topological polar surface area (TPSA) is 114 Å². The molecule has 2 aliphatic rings. The van der Waals surface area contributed by atoms with Gasteiger partial charge in [0.1, 0.15) is 30.0 Å². The van der Waals surface area contributed by atoms with E-state index in [0.29, 0.717) is 24.7 Å². The summed E-state index contributed by atoms with van der Waals surface area (Å²) < 4.78 is 49.5. The van der Waals surface area contributed by atoms with E-state index in [2.05, 4.69) is 55.6 Å². The molecule has 3 aromatic rings. The number of halogens is 3. The monoisotopic (exact) mass is 575 g/mol. The summed E-state index contributed by atoms with van der Waals surface area (Å²) in [6.07, 6.45) is -4.75. The number of ether oxygens (including phenoxy) is 3. The summed E-state index contributed by atoms with van der Waals surface area (Å²) in [7, 11) is 0. The molecule has 1 unspecified atom stereocenters. The van der Waals surface area contributed by atoms with E-state index in [4.69, 9.17) is 29.2 Å². The Labute approximate surface area is 234 Å². The minimum atomic E-state index is -5.08. The van der Waals surface area contributed by atoms with E-state index in [-0.39, 0.29) is 18.4 Å². The zero-order valence-electron chi connectivity index (χ0n) is 22.5. The zero-order chi connectivity index (χ0) is 29.7. The first-order chi connectivity index (χ1) is 19.4. The van der Waals surface area contributed by atoms with Gasteiger partial charge in [0.2, 0.25) is 0 Å². The fourth-order valence-corrected chi connectivity index (χ4v) is 4.69. The first-order valence-electron chi connectivity index (χ1n) is 12.9. The minimum absolute atomic E-state index is 0.0731. The van der Waals surface area contributed by atoms with Crippen molar-refractivity contribution in [2.45, 2.75) is 45.1 Å². The van der Waals surface area contributed by atoms with Crippen LogP contribution in [-0.4, -0.2) is 54.1 Å². The first-order valence-corrected chi connectivity index (χ1v) is 12.9. The van der Waals surface area contributed by atoms with Crippen molar-refractivity contribution in [3.05, 3.63) is 76.9 Å². The second-order valence-corrected chi connectivity index (χ2v) is 9.93. The molecule has 0 saturated carbocycles. The van der Waals surface area contributed by atoms with Gasteiger partial charge in [0, 0.05) is 30.6 Å². The molecule has 0 amide bonds. The van der Waals surface area contributed by atoms with Gasteiger partial charge in [0.05, 0.1) is 13.0 Å². The third-order valence-electron chi connectivity index (χ3n) is 6.70. The molecule has 0 aromatic heterocycles. The molecule has 5 rings (SSSR count). The van der Waals surface area contributed by atoms with E-state index < -0.39 is 18.1 Å². The Hall–Kier alpha value is -4.25. The van der Waals surface area contributed by atoms with Crippen molar-refractivity contribution in [2.75, 3.05) is 19.7 Å². The maximum Gasteiger partial charge on any atom is 0.490 e. The molecular formula is C30H30F3NO7. The molecule has 11 heteroatoms. The summed E-state index contributed by atoms with van der Waals surface area (Å²) in [5.41, 5.74) is 6.75. The van der Waals surface area contributed by atoms with Gasteiger partial charge in [-0.2, -0.15) is 13.2 Å². The number of aryl methyl sites for hydroxylation is 2. The van der Waals surface area contributed by atoms with Crippen molar-refractivity contribution < 1.29 is 47.2 Å². The second-order valence-electron chi connectivity index (χ2n) is 9.93. The summed E-state index contributed by atoms with van der Waals surface area (Å²) in [4.78, 5) is 19.9. The lowest BCUT2D eigenvalue weighted by Gasteiger charge is -2.28. The molecule has 8 nitrogen and oxygen atoms in total. The van der Waals surface area contributed by atoms with Crippen LogP contribution in [0.3, 0.4) is 0 Å². The van der Waals surface area contributed by atoms with Gasteiger partial charge >= 0.3 is 18.1 Å². The molecule has 1 saturated heterocycles. The number of carboxylic acids is 2. The zero-order valence-corrected chi connectivity index (χ0v) is 22.5. The van der Waals surface area contributed by atoms with Gasteiger partial charge in [0.25, 0.3) is 0 Å². The minimum Gasteiger partial charge on any atom is -0.492 e. The highest BCUT2D eigenvalue weighted by Gasteiger charge is 2.38. The average Bonchev–Trinajstić information content (AvgIpc) is 3.26. The number of fused-ring (bicyclic) bond motifs is 1. The number of hydrogen-bond donors (Lipinski definition) is 3. The molecule has 41 heavy (non-hydrogen) atoms. The number of carbonyl (C=O) groups is 2. The van der Waals surface area contributed by atoms with Gasteiger partial charge in [-0.15, -0.1) is 0 Å². The average molecular weight is 576 g/mol. The van der Waals surface area contributed by atoms with Crippen molar-refractivity contribution in [1.82, 2.24) is 5.32 Å². The van der Waals surface area contributed by atoms with E-state index in [9.17, 15) is 18.0 Å². The Morgan fingerprint density at radius 2 is 1.76 bits per heavy atom. The lowest BCUT2D eigenvalue weighted by atomic mass is 9.94. The Kier molecular flexibility index (Phi) is 9.07. The third-order valence-corrected chi connectivity index (χ3v) is 6.70. The predicted molar refractivity (Wildman–Crippen MR) is 144 cm³/mol. The van der Waals surface area contributed by atoms with Crippen molar-refractivity contribution in [3.8, 4) is 28.4 Å². The van der Waals surface area contributed by atoms with Crippen molar-refractivity contribution >= 4 is 11.9 Å². The van der Waals surface area contributed by atoms with Gasteiger partial charge in [-0.1, -0.05) is 24.3 Å². The highest BCUT2D eigenvalue weighted by molar-refractivity contribution is 5.73. The van der Waals surface area contributed by atoms with E-state index in [0.717, 1.165) is 35.5 Å². The molecular weight excluding hydrogens is 545 g/mol. The lowest BCUT2D eigenvalue weighted by Crippen LogP contribution is -2.50. The predicted octanol–water partition coefficient (Wildman–Crippen LogP) is 5.48. The van der Waals surface area contributed by atoms with Crippen LogP contribution in [0, 0.1) is 13.8 Å². The summed E-state index contributed by atoms with van der Waals surface area (Å²) in [6.45, 7) is 6.88. The van der Waals surface area contributed by atoms with Crippen LogP contribution >= 0.6 is 0 Å². The van der Waals surface area contributed by atoms with E-state index >= 15 is 0 Å². The smallest absolute Gasteiger partial charge is 0.490 e.